The van der Waals surface area contributed by atoms with Crippen LogP contribution in [-0.4, -0.2) is 42.9 Å². The van der Waals surface area contributed by atoms with Crippen LogP contribution in [-0.2, 0) is 23.7 Å². The van der Waals surface area contributed by atoms with E-state index in [-0.39, 0.29) is 18.8 Å². The van der Waals surface area contributed by atoms with Crippen molar-refractivity contribution in [3.8, 4) is 0 Å². The summed E-state index contributed by atoms with van der Waals surface area (Å²) in [7, 11) is 0. The zero-order chi connectivity index (χ0) is 14.0. The average molecular weight is 271 g/mol. The summed E-state index contributed by atoms with van der Waals surface area (Å²) in [6, 6.07) is 0. The molecule has 2 aliphatic heterocycles. The molecule has 1 unspecified atom stereocenters. The van der Waals surface area contributed by atoms with E-state index in [1.807, 2.05) is 13.8 Å². The van der Waals surface area contributed by atoms with Crippen molar-refractivity contribution >= 4 is 5.97 Å². The number of azide groups is 1. The Bertz CT molecular complexity index is 387. The number of esters is 1. The fourth-order valence-electron chi connectivity index (χ4n) is 2.34. The lowest BCUT2D eigenvalue weighted by molar-refractivity contribution is -0.216. The maximum absolute atomic E-state index is 11.0. The van der Waals surface area contributed by atoms with E-state index >= 15 is 0 Å². The van der Waals surface area contributed by atoms with Crippen LogP contribution in [0.3, 0.4) is 0 Å². The summed E-state index contributed by atoms with van der Waals surface area (Å²) in [6.07, 6.45) is -1.13. The molecule has 8 heteroatoms. The second-order valence-electron chi connectivity index (χ2n) is 5.01. The first-order valence-corrected chi connectivity index (χ1v) is 6.10. The van der Waals surface area contributed by atoms with Crippen molar-refractivity contribution in [3.05, 3.63) is 10.4 Å². The maximum Gasteiger partial charge on any atom is 0.302 e. The summed E-state index contributed by atoms with van der Waals surface area (Å²) in [5.74, 6) is -1.11. The molecule has 8 nitrogen and oxygen atoms in total. The Morgan fingerprint density at radius 3 is 2.89 bits per heavy atom. The zero-order valence-electron chi connectivity index (χ0n) is 11.1. The number of nitrogens with zero attached hydrogens (tertiary/aromatic N) is 3. The van der Waals surface area contributed by atoms with Gasteiger partial charge in [0.25, 0.3) is 0 Å². The normalized spacial score (nSPS) is 33.3. The van der Waals surface area contributed by atoms with E-state index in [1.54, 1.807) is 0 Å². The highest BCUT2D eigenvalue weighted by molar-refractivity contribution is 5.66. The van der Waals surface area contributed by atoms with Gasteiger partial charge in [0.05, 0.1) is 6.54 Å². The van der Waals surface area contributed by atoms with E-state index in [4.69, 9.17) is 24.5 Å². The molecule has 0 aromatic rings. The van der Waals surface area contributed by atoms with Crippen LogP contribution in [0.1, 0.15) is 27.2 Å². The third-order valence-electron chi connectivity index (χ3n) is 2.97. The molecule has 4 atom stereocenters. The summed E-state index contributed by atoms with van der Waals surface area (Å²) >= 11 is 0. The Labute approximate surface area is 110 Å². The van der Waals surface area contributed by atoms with Gasteiger partial charge in [0.1, 0.15) is 18.3 Å². The minimum Gasteiger partial charge on any atom is -0.460 e. The van der Waals surface area contributed by atoms with E-state index < -0.39 is 24.2 Å². The molecule has 0 spiro atoms. The molecule has 2 aliphatic rings. The van der Waals surface area contributed by atoms with Gasteiger partial charge in [-0.3, -0.25) is 4.79 Å². The number of carbonyl (C=O) groups excluding carboxylic acids is 1. The van der Waals surface area contributed by atoms with Crippen molar-refractivity contribution in [2.24, 2.45) is 5.11 Å². The molecule has 0 saturated carbocycles. The number of rotatable bonds is 4. The summed E-state index contributed by atoms with van der Waals surface area (Å²) in [5, 5.41) is 3.43. The molecule has 2 heterocycles. The van der Waals surface area contributed by atoms with Crippen molar-refractivity contribution in [1.82, 2.24) is 0 Å². The molecular formula is C11H17N3O5. The van der Waals surface area contributed by atoms with E-state index in [0.29, 0.717) is 6.42 Å². The highest BCUT2D eigenvalue weighted by atomic mass is 16.8. The average Bonchev–Trinajstić information content (AvgIpc) is 2.76. The summed E-state index contributed by atoms with van der Waals surface area (Å²) in [4.78, 5) is 13.7. The van der Waals surface area contributed by atoms with Gasteiger partial charge in [-0.1, -0.05) is 5.11 Å². The zero-order valence-corrected chi connectivity index (χ0v) is 11.1. The molecule has 0 radical (unpaired) electrons. The fourth-order valence-corrected chi connectivity index (χ4v) is 2.34. The molecule has 0 N–H and O–H groups in total. The molecule has 0 amide bonds. The van der Waals surface area contributed by atoms with Gasteiger partial charge in [0.15, 0.2) is 12.1 Å². The summed E-state index contributed by atoms with van der Waals surface area (Å²) in [5.41, 5.74) is 8.35. The molecule has 106 valence electrons. The Kier molecular flexibility index (Phi) is 3.96. The number of ether oxygens (including phenoxy) is 4. The smallest absolute Gasteiger partial charge is 0.302 e. The van der Waals surface area contributed by atoms with Gasteiger partial charge in [0.2, 0.25) is 0 Å². The van der Waals surface area contributed by atoms with Crippen LogP contribution in [0.15, 0.2) is 5.11 Å². The first kappa shape index (κ1) is 14.1. The molecule has 2 fully saturated rings. The molecular weight excluding hydrogens is 254 g/mol. The SMILES string of the molecule is CC(=O)OC(CN=[N+]=[N-])[C@@H]1C[C@H]2OC(C)(C)O[C@H]2O1. The monoisotopic (exact) mass is 271 g/mol. The van der Waals surface area contributed by atoms with Crippen molar-refractivity contribution in [3.63, 3.8) is 0 Å². The lowest BCUT2D eigenvalue weighted by atomic mass is 10.1. The van der Waals surface area contributed by atoms with E-state index in [9.17, 15) is 4.79 Å². The number of carbonyl (C=O) groups is 1. The minimum atomic E-state index is -0.665. The fraction of sp³-hybridized carbons (Fsp3) is 0.909. The van der Waals surface area contributed by atoms with Gasteiger partial charge in [-0.05, 0) is 19.4 Å². The Balaban J connectivity index is 1.98. The van der Waals surface area contributed by atoms with Crippen LogP contribution in [0.5, 0.6) is 0 Å². The lowest BCUT2D eigenvalue weighted by Gasteiger charge is -2.24. The predicted molar refractivity (Wildman–Crippen MR) is 62.9 cm³/mol. The molecule has 2 rings (SSSR count). The first-order chi connectivity index (χ1) is 8.91. The van der Waals surface area contributed by atoms with Crippen molar-refractivity contribution < 1.29 is 23.7 Å². The van der Waals surface area contributed by atoms with Crippen LogP contribution >= 0.6 is 0 Å². The molecule has 0 aromatic carbocycles. The first-order valence-electron chi connectivity index (χ1n) is 6.10. The minimum absolute atomic E-state index is 0.0313. The number of hydrogen-bond acceptors (Lipinski definition) is 6. The van der Waals surface area contributed by atoms with Crippen molar-refractivity contribution in [2.45, 2.75) is 57.6 Å². The summed E-state index contributed by atoms with van der Waals surface area (Å²) < 4.78 is 22.0. The topological polar surface area (TPSA) is 103 Å². The van der Waals surface area contributed by atoms with Crippen molar-refractivity contribution in [1.29, 1.82) is 0 Å². The predicted octanol–water partition coefficient (Wildman–Crippen LogP) is 1.49. The molecule has 19 heavy (non-hydrogen) atoms. The Hall–Kier alpha value is -1.34. The second-order valence-corrected chi connectivity index (χ2v) is 5.01. The van der Waals surface area contributed by atoms with Gasteiger partial charge in [0, 0.05) is 18.3 Å². The molecule has 0 aromatic heterocycles. The van der Waals surface area contributed by atoms with E-state index in [2.05, 4.69) is 10.0 Å². The Morgan fingerprint density at radius 2 is 2.32 bits per heavy atom. The van der Waals surface area contributed by atoms with Crippen molar-refractivity contribution in [2.75, 3.05) is 6.54 Å². The second kappa shape index (κ2) is 5.34. The summed E-state index contributed by atoms with van der Waals surface area (Å²) in [6.45, 7) is 4.96. The van der Waals surface area contributed by atoms with Crippen LogP contribution in [0.25, 0.3) is 10.4 Å². The quantitative estimate of drug-likeness (QED) is 0.333. The van der Waals surface area contributed by atoms with E-state index in [1.165, 1.54) is 6.92 Å². The number of hydrogen-bond donors (Lipinski definition) is 0. The molecule has 0 aliphatic carbocycles. The van der Waals surface area contributed by atoms with E-state index in [0.717, 1.165) is 0 Å². The van der Waals surface area contributed by atoms with Crippen LogP contribution < -0.4 is 0 Å². The van der Waals surface area contributed by atoms with Crippen LogP contribution in [0.2, 0.25) is 0 Å². The largest absolute Gasteiger partial charge is 0.460 e. The van der Waals surface area contributed by atoms with Gasteiger partial charge >= 0.3 is 5.97 Å². The van der Waals surface area contributed by atoms with Gasteiger partial charge < -0.3 is 18.9 Å². The highest BCUT2D eigenvalue weighted by Crippen LogP contribution is 2.38. The van der Waals surface area contributed by atoms with Gasteiger partial charge in [-0.15, -0.1) is 0 Å². The molecule has 2 saturated heterocycles. The maximum atomic E-state index is 11.0. The van der Waals surface area contributed by atoms with Crippen LogP contribution in [0.4, 0.5) is 0 Å². The van der Waals surface area contributed by atoms with Gasteiger partial charge in [-0.25, -0.2) is 0 Å². The van der Waals surface area contributed by atoms with Crippen LogP contribution in [0, 0.1) is 0 Å². The Morgan fingerprint density at radius 1 is 1.58 bits per heavy atom. The lowest BCUT2D eigenvalue weighted by Crippen LogP contribution is -2.35. The standard InChI is InChI=1S/C11H17N3O5/c1-6(15)16-9(5-13-14-12)7-4-8-10(17-7)19-11(2,3)18-8/h7-10H,4-5H2,1-3H3/t7-,8+,9?,10+/m0/s1. The third kappa shape index (κ3) is 3.36. The molecule has 0 bridgehead atoms. The third-order valence-corrected chi connectivity index (χ3v) is 2.97. The number of fused-ring (bicyclic) bond motifs is 1. The highest BCUT2D eigenvalue weighted by Gasteiger charge is 2.50. The van der Waals surface area contributed by atoms with Gasteiger partial charge in [-0.2, -0.15) is 0 Å².